The molecular weight excluding hydrogens is 136 g/mol. The summed E-state index contributed by atoms with van der Waals surface area (Å²) < 4.78 is 0. The first-order valence-corrected chi connectivity index (χ1v) is 4.18. The first-order chi connectivity index (χ1) is 4.97. The Balaban J connectivity index is 2.69. The van der Waals surface area contributed by atoms with E-state index in [4.69, 9.17) is 11.0 Å². The second kappa shape index (κ2) is 2.49. The lowest BCUT2D eigenvalue weighted by Crippen LogP contribution is -2.45. The molecule has 0 aromatic carbocycles. The molecule has 0 saturated heterocycles. The van der Waals surface area contributed by atoms with E-state index in [0.717, 1.165) is 19.3 Å². The highest BCUT2D eigenvalue weighted by Gasteiger charge is 2.36. The maximum absolute atomic E-state index is 8.81. The minimum Gasteiger partial charge on any atom is -0.313 e. The van der Waals surface area contributed by atoms with E-state index in [0.29, 0.717) is 0 Å². The van der Waals surface area contributed by atoms with E-state index in [1.54, 1.807) is 0 Å². The van der Waals surface area contributed by atoms with Gasteiger partial charge in [0.05, 0.1) is 6.07 Å². The van der Waals surface area contributed by atoms with Crippen LogP contribution in [0.15, 0.2) is 0 Å². The average molecular weight is 152 g/mol. The highest BCUT2D eigenvalue weighted by atomic mass is 14.8. The Kier molecular flexibility index (Phi) is 1.94. The summed E-state index contributed by atoms with van der Waals surface area (Å²) in [7, 11) is 0. The number of nitrogens with zero attached hydrogens (tertiary/aromatic N) is 1. The van der Waals surface area contributed by atoms with Gasteiger partial charge in [-0.05, 0) is 24.7 Å². The molecule has 2 nitrogen and oxygen atoms in total. The average Bonchev–Trinajstić information content (AvgIpc) is 1.85. The van der Waals surface area contributed by atoms with Crippen LogP contribution in [0.25, 0.3) is 0 Å². The molecule has 0 amide bonds. The number of hydrogen-bond donors (Lipinski definition) is 1. The molecular formula is C9H16N2. The van der Waals surface area contributed by atoms with Gasteiger partial charge >= 0.3 is 0 Å². The smallest absolute Gasteiger partial charge is 0.104 e. The molecule has 1 rings (SSSR count). The van der Waals surface area contributed by atoms with E-state index in [1.807, 2.05) is 0 Å². The molecule has 1 fully saturated rings. The molecule has 2 heteroatoms. The van der Waals surface area contributed by atoms with Gasteiger partial charge in [-0.3, -0.25) is 0 Å². The van der Waals surface area contributed by atoms with Crippen LogP contribution in [0.5, 0.6) is 0 Å². The summed E-state index contributed by atoms with van der Waals surface area (Å²) >= 11 is 0. The molecule has 1 unspecified atom stereocenters. The molecule has 0 aliphatic heterocycles. The zero-order valence-electron chi connectivity index (χ0n) is 7.35. The van der Waals surface area contributed by atoms with Gasteiger partial charge in [-0.2, -0.15) is 5.26 Å². The molecule has 0 bridgehead atoms. The summed E-state index contributed by atoms with van der Waals surface area (Å²) in [5.41, 5.74) is 5.60. The molecule has 0 radical (unpaired) electrons. The Bertz CT molecular complexity index is 190. The normalized spacial score (nSPS) is 36.2. The Morgan fingerprint density at radius 1 is 1.36 bits per heavy atom. The lowest BCUT2D eigenvalue weighted by Gasteiger charge is -2.38. The van der Waals surface area contributed by atoms with Crippen LogP contribution in [0.4, 0.5) is 0 Å². The summed E-state index contributed by atoms with van der Waals surface area (Å²) in [5.74, 6) is 0. The van der Waals surface area contributed by atoms with Crippen LogP contribution in [0.3, 0.4) is 0 Å². The predicted molar refractivity (Wildman–Crippen MR) is 44.8 cm³/mol. The monoisotopic (exact) mass is 152 g/mol. The van der Waals surface area contributed by atoms with Crippen LogP contribution >= 0.6 is 0 Å². The van der Waals surface area contributed by atoms with Crippen molar-refractivity contribution in [3.63, 3.8) is 0 Å². The number of nitriles is 1. The van der Waals surface area contributed by atoms with Crippen molar-refractivity contribution in [3.8, 4) is 6.07 Å². The molecule has 1 aliphatic carbocycles. The third-order valence-electron chi connectivity index (χ3n) is 2.49. The zero-order chi connectivity index (χ0) is 8.54. The second-order valence-electron chi connectivity index (χ2n) is 4.46. The van der Waals surface area contributed by atoms with Crippen LogP contribution in [-0.2, 0) is 0 Å². The lowest BCUT2D eigenvalue weighted by atomic mass is 9.69. The van der Waals surface area contributed by atoms with Gasteiger partial charge in [0.25, 0.3) is 0 Å². The zero-order valence-corrected chi connectivity index (χ0v) is 7.35. The second-order valence-corrected chi connectivity index (χ2v) is 4.46. The molecule has 0 aromatic heterocycles. The first kappa shape index (κ1) is 8.55. The first-order valence-electron chi connectivity index (χ1n) is 4.18. The van der Waals surface area contributed by atoms with Gasteiger partial charge in [0.2, 0.25) is 0 Å². The quantitative estimate of drug-likeness (QED) is 0.575. The van der Waals surface area contributed by atoms with Crippen LogP contribution in [0.2, 0.25) is 0 Å². The molecule has 1 atom stereocenters. The van der Waals surface area contributed by atoms with Gasteiger partial charge in [0.15, 0.2) is 0 Å². The lowest BCUT2D eigenvalue weighted by molar-refractivity contribution is 0.186. The third kappa shape index (κ3) is 1.94. The highest BCUT2D eigenvalue weighted by Crippen LogP contribution is 2.39. The van der Waals surface area contributed by atoms with E-state index in [1.165, 1.54) is 6.42 Å². The van der Waals surface area contributed by atoms with Gasteiger partial charge in [0.1, 0.15) is 5.54 Å². The van der Waals surface area contributed by atoms with Crippen molar-refractivity contribution in [2.45, 2.75) is 45.1 Å². The van der Waals surface area contributed by atoms with Crippen molar-refractivity contribution >= 4 is 0 Å². The number of hydrogen-bond acceptors (Lipinski definition) is 2. The van der Waals surface area contributed by atoms with E-state index in [-0.39, 0.29) is 5.41 Å². The van der Waals surface area contributed by atoms with E-state index >= 15 is 0 Å². The standard InChI is InChI=1S/C9H16N2/c1-8(2)4-3-5-9(11,6-8)7-10/h3-6,11H2,1-2H3. The molecule has 0 heterocycles. The number of rotatable bonds is 0. The van der Waals surface area contributed by atoms with Crippen molar-refractivity contribution in [1.82, 2.24) is 0 Å². The Morgan fingerprint density at radius 2 is 2.00 bits per heavy atom. The van der Waals surface area contributed by atoms with Crippen molar-refractivity contribution in [2.75, 3.05) is 0 Å². The van der Waals surface area contributed by atoms with Crippen molar-refractivity contribution in [2.24, 2.45) is 11.1 Å². The molecule has 2 N–H and O–H groups in total. The van der Waals surface area contributed by atoms with Gasteiger partial charge < -0.3 is 5.73 Å². The molecule has 0 spiro atoms. The van der Waals surface area contributed by atoms with Gasteiger partial charge in [-0.25, -0.2) is 0 Å². The van der Waals surface area contributed by atoms with Crippen LogP contribution in [-0.4, -0.2) is 5.54 Å². The van der Waals surface area contributed by atoms with Crippen LogP contribution in [0, 0.1) is 16.7 Å². The van der Waals surface area contributed by atoms with E-state index in [9.17, 15) is 0 Å². The van der Waals surface area contributed by atoms with Crippen LogP contribution < -0.4 is 5.73 Å². The van der Waals surface area contributed by atoms with E-state index < -0.39 is 5.54 Å². The Hall–Kier alpha value is -0.550. The molecule has 1 aliphatic rings. The summed E-state index contributed by atoms with van der Waals surface area (Å²) in [6.45, 7) is 4.37. The minimum atomic E-state index is -0.540. The topological polar surface area (TPSA) is 49.8 Å². The van der Waals surface area contributed by atoms with E-state index in [2.05, 4.69) is 19.9 Å². The Labute approximate surface area is 68.4 Å². The SMILES string of the molecule is CC1(C)CCCC(N)(C#N)C1. The number of nitrogens with two attached hydrogens (primary N) is 1. The molecule has 62 valence electrons. The minimum absolute atomic E-state index is 0.267. The van der Waals surface area contributed by atoms with Gasteiger partial charge in [0, 0.05) is 0 Å². The molecule has 0 aromatic rings. The predicted octanol–water partition coefficient (Wildman–Crippen LogP) is 1.81. The van der Waals surface area contributed by atoms with Gasteiger partial charge in [-0.15, -0.1) is 0 Å². The fourth-order valence-corrected chi connectivity index (χ4v) is 2.01. The summed E-state index contributed by atoms with van der Waals surface area (Å²) in [6.07, 6.45) is 4.01. The van der Waals surface area contributed by atoms with Gasteiger partial charge in [-0.1, -0.05) is 20.3 Å². The largest absolute Gasteiger partial charge is 0.313 e. The fourth-order valence-electron chi connectivity index (χ4n) is 2.01. The summed E-state index contributed by atoms with van der Waals surface area (Å²) in [6, 6.07) is 2.21. The molecule has 11 heavy (non-hydrogen) atoms. The highest BCUT2D eigenvalue weighted by molar-refractivity contribution is 5.09. The summed E-state index contributed by atoms with van der Waals surface area (Å²) in [4.78, 5) is 0. The Morgan fingerprint density at radius 3 is 2.36 bits per heavy atom. The van der Waals surface area contributed by atoms with Crippen molar-refractivity contribution < 1.29 is 0 Å². The van der Waals surface area contributed by atoms with Crippen LogP contribution in [0.1, 0.15) is 39.5 Å². The fraction of sp³-hybridized carbons (Fsp3) is 0.889. The maximum atomic E-state index is 8.81. The van der Waals surface area contributed by atoms with Crippen molar-refractivity contribution in [3.05, 3.63) is 0 Å². The molecule has 1 saturated carbocycles. The summed E-state index contributed by atoms with van der Waals surface area (Å²) in [5, 5.41) is 8.81. The maximum Gasteiger partial charge on any atom is 0.104 e. The third-order valence-corrected chi connectivity index (χ3v) is 2.49. The van der Waals surface area contributed by atoms with Crippen molar-refractivity contribution in [1.29, 1.82) is 5.26 Å².